The molecule has 0 aliphatic carbocycles. The molecule has 5 heteroatoms. The van der Waals surface area contributed by atoms with Crippen LogP contribution in [-0.2, 0) is 15.0 Å². The van der Waals surface area contributed by atoms with Crippen LogP contribution in [0.5, 0.6) is 0 Å². The number of amides is 1. The highest BCUT2D eigenvalue weighted by atomic mass is 16.3. The molecule has 0 saturated carbocycles. The number of hydrogen-bond donors (Lipinski definition) is 1. The number of aliphatic hydroxyl groups is 1. The Bertz CT molecular complexity index is 1420. The van der Waals surface area contributed by atoms with E-state index in [1.165, 1.54) is 0 Å². The molecule has 1 heterocycles. The zero-order valence-electron chi connectivity index (χ0n) is 24.4. The number of Topliss-reactive ketones (excluding diaryl/α,β-unsaturated/α-hetero) is 1. The molecular formula is C34H40N2O3. The van der Waals surface area contributed by atoms with Crippen LogP contribution in [0.25, 0.3) is 5.76 Å². The number of nitrogens with zero attached hydrogens (tertiary/aromatic N) is 2. The first-order valence-corrected chi connectivity index (χ1v) is 13.7. The van der Waals surface area contributed by atoms with Crippen LogP contribution in [0, 0.1) is 20.8 Å². The third-order valence-electron chi connectivity index (χ3n) is 7.63. The van der Waals surface area contributed by atoms with Crippen LogP contribution >= 0.6 is 0 Å². The van der Waals surface area contributed by atoms with Gasteiger partial charge in [0.2, 0.25) is 0 Å². The maximum atomic E-state index is 13.7. The number of carbonyl (C=O) groups excluding carboxylic acids is 2. The molecule has 1 unspecified atom stereocenters. The third kappa shape index (κ3) is 5.36. The molecule has 3 aromatic carbocycles. The summed E-state index contributed by atoms with van der Waals surface area (Å²) in [6, 6.07) is 19.0. The highest BCUT2D eigenvalue weighted by Crippen LogP contribution is 2.43. The molecule has 0 aromatic heterocycles. The van der Waals surface area contributed by atoms with E-state index < -0.39 is 17.7 Å². The van der Waals surface area contributed by atoms with E-state index in [2.05, 4.69) is 39.5 Å². The molecule has 1 aliphatic heterocycles. The maximum Gasteiger partial charge on any atom is 0.300 e. The summed E-state index contributed by atoms with van der Waals surface area (Å²) in [4.78, 5) is 31.1. The summed E-state index contributed by atoms with van der Waals surface area (Å²) in [5.41, 5.74) is 6.91. The first kappa shape index (κ1) is 28.2. The minimum absolute atomic E-state index is 0.115. The molecule has 1 atom stereocenters. The third-order valence-corrected chi connectivity index (χ3v) is 7.63. The molecule has 204 valence electrons. The number of hydrogen-bond acceptors (Lipinski definition) is 4. The second-order valence-corrected chi connectivity index (χ2v) is 11.6. The first-order chi connectivity index (χ1) is 18.4. The van der Waals surface area contributed by atoms with Gasteiger partial charge >= 0.3 is 0 Å². The molecular weight excluding hydrogens is 484 g/mol. The van der Waals surface area contributed by atoms with Crippen molar-refractivity contribution < 1.29 is 14.7 Å². The summed E-state index contributed by atoms with van der Waals surface area (Å²) in [7, 11) is 0. The van der Waals surface area contributed by atoms with Crippen LogP contribution < -0.4 is 9.80 Å². The molecule has 39 heavy (non-hydrogen) atoms. The summed E-state index contributed by atoms with van der Waals surface area (Å²) in [5, 5.41) is 11.8. The Morgan fingerprint density at radius 3 is 2.00 bits per heavy atom. The van der Waals surface area contributed by atoms with E-state index in [0.717, 1.165) is 46.6 Å². The SMILES string of the molecule is CCN(CC)c1ccc(C2/C(=C(\O)c3cc(C(C)(C)C)ccc3C)C(=O)C(=O)N2c2cc(C)cc(C)c2)cc1. The van der Waals surface area contributed by atoms with Crippen molar-refractivity contribution in [3.05, 3.63) is 99.6 Å². The number of carbonyl (C=O) groups is 2. The average Bonchev–Trinajstić information content (AvgIpc) is 3.14. The fourth-order valence-electron chi connectivity index (χ4n) is 5.45. The van der Waals surface area contributed by atoms with E-state index in [9.17, 15) is 14.7 Å². The second kappa shape index (κ2) is 10.7. The largest absolute Gasteiger partial charge is 0.507 e. The Hall–Kier alpha value is -3.86. The number of aliphatic hydroxyl groups excluding tert-OH is 1. The Morgan fingerprint density at radius 1 is 0.872 bits per heavy atom. The molecule has 4 rings (SSSR count). The lowest BCUT2D eigenvalue weighted by Crippen LogP contribution is -2.29. The van der Waals surface area contributed by atoms with Crippen molar-refractivity contribution in [2.75, 3.05) is 22.9 Å². The summed E-state index contributed by atoms with van der Waals surface area (Å²) in [5.74, 6) is -1.45. The quantitative estimate of drug-likeness (QED) is 0.208. The van der Waals surface area contributed by atoms with E-state index in [1.807, 2.05) is 81.4 Å². The average molecular weight is 525 g/mol. The molecule has 1 amide bonds. The minimum atomic E-state index is -0.755. The maximum absolute atomic E-state index is 13.7. The van der Waals surface area contributed by atoms with Crippen molar-refractivity contribution in [2.24, 2.45) is 0 Å². The Labute approximate surface area is 232 Å². The molecule has 1 N–H and O–H groups in total. The Balaban J connectivity index is 1.97. The highest BCUT2D eigenvalue weighted by molar-refractivity contribution is 6.51. The summed E-state index contributed by atoms with van der Waals surface area (Å²) in [6.45, 7) is 18.2. The van der Waals surface area contributed by atoms with Crippen molar-refractivity contribution in [2.45, 2.75) is 66.8 Å². The van der Waals surface area contributed by atoms with Crippen LogP contribution in [0.3, 0.4) is 0 Å². The standard InChI is InChI=1S/C34H40N2O3/c1-9-35(10-2)26-15-12-24(13-16-26)30-29(31(37)28-20-25(34(6,7)8)14-11-23(28)5)32(38)33(39)36(30)27-18-21(3)17-22(4)19-27/h11-20,30,37H,9-10H2,1-8H3/b31-29+. The van der Waals surface area contributed by atoms with Crippen LogP contribution in [0.15, 0.2) is 66.2 Å². The second-order valence-electron chi connectivity index (χ2n) is 11.6. The van der Waals surface area contributed by atoms with Crippen molar-refractivity contribution in [3.63, 3.8) is 0 Å². The van der Waals surface area contributed by atoms with Gasteiger partial charge in [-0.1, -0.05) is 51.1 Å². The summed E-state index contributed by atoms with van der Waals surface area (Å²) in [6.07, 6.45) is 0. The van der Waals surface area contributed by atoms with Crippen LogP contribution in [0.1, 0.15) is 74.0 Å². The van der Waals surface area contributed by atoms with Gasteiger partial charge in [-0.15, -0.1) is 0 Å². The number of rotatable bonds is 6. The topological polar surface area (TPSA) is 60.9 Å². The van der Waals surface area contributed by atoms with Gasteiger partial charge in [-0.2, -0.15) is 0 Å². The smallest absolute Gasteiger partial charge is 0.300 e. The van der Waals surface area contributed by atoms with E-state index in [4.69, 9.17) is 0 Å². The van der Waals surface area contributed by atoms with Gasteiger partial charge in [0.05, 0.1) is 11.6 Å². The fourth-order valence-corrected chi connectivity index (χ4v) is 5.45. The number of benzene rings is 3. The van der Waals surface area contributed by atoms with Crippen LogP contribution in [0.4, 0.5) is 11.4 Å². The van der Waals surface area contributed by atoms with Gasteiger partial charge in [-0.05, 0) is 98.2 Å². The molecule has 0 spiro atoms. The van der Waals surface area contributed by atoms with E-state index in [-0.39, 0.29) is 16.7 Å². The van der Waals surface area contributed by atoms with Gasteiger partial charge in [-0.25, -0.2) is 0 Å². The van der Waals surface area contributed by atoms with E-state index in [1.54, 1.807) is 4.90 Å². The van der Waals surface area contributed by atoms with E-state index in [0.29, 0.717) is 11.3 Å². The van der Waals surface area contributed by atoms with Crippen molar-refractivity contribution in [1.82, 2.24) is 0 Å². The van der Waals surface area contributed by atoms with Crippen molar-refractivity contribution in [1.29, 1.82) is 0 Å². The lowest BCUT2D eigenvalue weighted by Gasteiger charge is -2.27. The number of aryl methyl sites for hydroxylation is 3. The molecule has 3 aromatic rings. The number of anilines is 2. The molecule has 0 radical (unpaired) electrons. The zero-order valence-corrected chi connectivity index (χ0v) is 24.4. The van der Waals surface area contributed by atoms with Gasteiger partial charge in [0.1, 0.15) is 5.76 Å². The Kier molecular flexibility index (Phi) is 7.74. The van der Waals surface area contributed by atoms with Crippen LogP contribution in [0.2, 0.25) is 0 Å². The highest BCUT2D eigenvalue weighted by Gasteiger charge is 2.47. The first-order valence-electron chi connectivity index (χ1n) is 13.7. The van der Waals surface area contributed by atoms with E-state index >= 15 is 0 Å². The lowest BCUT2D eigenvalue weighted by molar-refractivity contribution is -0.132. The molecule has 1 aliphatic rings. The summed E-state index contributed by atoms with van der Waals surface area (Å²) < 4.78 is 0. The predicted octanol–water partition coefficient (Wildman–Crippen LogP) is 7.38. The zero-order chi connectivity index (χ0) is 28.6. The van der Waals surface area contributed by atoms with Crippen LogP contribution in [-0.4, -0.2) is 29.9 Å². The van der Waals surface area contributed by atoms with Crippen molar-refractivity contribution in [3.8, 4) is 0 Å². The number of ketones is 1. The molecule has 1 saturated heterocycles. The molecule has 5 nitrogen and oxygen atoms in total. The van der Waals surface area contributed by atoms with Gasteiger partial charge in [0.15, 0.2) is 0 Å². The minimum Gasteiger partial charge on any atom is -0.507 e. The molecule has 1 fully saturated rings. The summed E-state index contributed by atoms with van der Waals surface area (Å²) >= 11 is 0. The Morgan fingerprint density at radius 2 is 1.46 bits per heavy atom. The van der Waals surface area contributed by atoms with Gasteiger partial charge in [0.25, 0.3) is 11.7 Å². The lowest BCUT2D eigenvalue weighted by atomic mass is 9.84. The fraction of sp³-hybridized carbons (Fsp3) is 0.353. The normalized spacial score (nSPS) is 17.1. The van der Waals surface area contributed by atoms with Gasteiger partial charge in [0, 0.05) is 30.0 Å². The monoisotopic (exact) mass is 524 g/mol. The predicted molar refractivity (Wildman–Crippen MR) is 161 cm³/mol. The molecule has 0 bridgehead atoms. The van der Waals surface area contributed by atoms with Gasteiger partial charge in [-0.3, -0.25) is 14.5 Å². The van der Waals surface area contributed by atoms with Gasteiger partial charge < -0.3 is 10.0 Å². The van der Waals surface area contributed by atoms with Crippen molar-refractivity contribution >= 4 is 28.8 Å².